The van der Waals surface area contributed by atoms with Crippen LogP contribution in [0.5, 0.6) is 11.5 Å². The fourth-order valence-corrected chi connectivity index (χ4v) is 3.40. The summed E-state index contributed by atoms with van der Waals surface area (Å²) in [6, 6.07) is 5.18. The zero-order chi connectivity index (χ0) is 17.8. The number of piperazine rings is 1. The van der Waals surface area contributed by atoms with Crippen LogP contribution in [0.15, 0.2) is 18.2 Å². The van der Waals surface area contributed by atoms with E-state index in [9.17, 15) is 9.59 Å². The van der Waals surface area contributed by atoms with E-state index in [4.69, 9.17) is 9.47 Å². The molecule has 3 rings (SSSR count). The second-order valence-electron chi connectivity index (χ2n) is 6.37. The maximum absolute atomic E-state index is 12.8. The number of rotatable bonds is 4. The lowest BCUT2D eigenvalue weighted by Gasteiger charge is -2.36. The third-order valence-electron chi connectivity index (χ3n) is 4.93. The fraction of sp³-hybridized carbons (Fsp3) is 0.556. The van der Waals surface area contributed by atoms with Crippen molar-refractivity contribution < 1.29 is 19.1 Å². The monoisotopic (exact) mass is 347 g/mol. The Morgan fingerprint density at radius 2 is 1.80 bits per heavy atom. The van der Waals surface area contributed by atoms with E-state index in [1.54, 1.807) is 30.2 Å². The van der Waals surface area contributed by atoms with Crippen LogP contribution < -0.4 is 14.8 Å². The van der Waals surface area contributed by atoms with E-state index in [0.717, 1.165) is 19.5 Å². The van der Waals surface area contributed by atoms with Gasteiger partial charge in [0.25, 0.3) is 5.91 Å². The van der Waals surface area contributed by atoms with Gasteiger partial charge >= 0.3 is 0 Å². The predicted octanol–water partition coefficient (Wildman–Crippen LogP) is 0.598. The van der Waals surface area contributed by atoms with Gasteiger partial charge in [-0.2, -0.15) is 0 Å². The number of hydrogen-bond acceptors (Lipinski definition) is 5. The highest BCUT2D eigenvalue weighted by molar-refractivity contribution is 5.97. The summed E-state index contributed by atoms with van der Waals surface area (Å²) in [5.74, 6) is 1.37. The molecular formula is C18H25N3O4. The van der Waals surface area contributed by atoms with Gasteiger partial charge in [-0.15, -0.1) is 0 Å². The molecule has 1 aromatic carbocycles. The lowest BCUT2D eigenvalue weighted by molar-refractivity contribution is -0.136. The summed E-state index contributed by atoms with van der Waals surface area (Å²) in [7, 11) is 3.12. The Labute approximate surface area is 147 Å². The molecular weight excluding hydrogens is 322 g/mol. The van der Waals surface area contributed by atoms with Crippen molar-refractivity contribution in [1.29, 1.82) is 0 Å². The molecule has 2 heterocycles. The third kappa shape index (κ3) is 3.71. The van der Waals surface area contributed by atoms with Crippen LogP contribution in [0, 0.1) is 5.92 Å². The van der Waals surface area contributed by atoms with Crippen LogP contribution in [0.1, 0.15) is 16.8 Å². The fourth-order valence-electron chi connectivity index (χ4n) is 3.40. The molecule has 2 amide bonds. The van der Waals surface area contributed by atoms with E-state index in [1.165, 1.54) is 7.11 Å². The van der Waals surface area contributed by atoms with E-state index >= 15 is 0 Å². The zero-order valence-corrected chi connectivity index (χ0v) is 14.8. The molecule has 2 fully saturated rings. The molecule has 0 bridgehead atoms. The summed E-state index contributed by atoms with van der Waals surface area (Å²) in [5.41, 5.74) is 0.517. The quantitative estimate of drug-likeness (QED) is 0.864. The Morgan fingerprint density at radius 1 is 1.08 bits per heavy atom. The summed E-state index contributed by atoms with van der Waals surface area (Å²) in [4.78, 5) is 28.9. The molecule has 0 aromatic heterocycles. The van der Waals surface area contributed by atoms with Crippen molar-refractivity contribution >= 4 is 11.8 Å². The molecule has 7 heteroatoms. The van der Waals surface area contributed by atoms with Gasteiger partial charge in [0.15, 0.2) is 0 Å². The van der Waals surface area contributed by atoms with E-state index in [1.807, 2.05) is 4.90 Å². The molecule has 136 valence electrons. The average Bonchev–Trinajstić information content (AvgIpc) is 3.21. The molecule has 25 heavy (non-hydrogen) atoms. The molecule has 0 radical (unpaired) electrons. The van der Waals surface area contributed by atoms with Crippen molar-refractivity contribution in [3.05, 3.63) is 23.8 Å². The highest BCUT2D eigenvalue weighted by atomic mass is 16.5. The van der Waals surface area contributed by atoms with Crippen LogP contribution in [0.25, 0.3) is 0 Å². The van der Waals surface area contributed by atoms with Gasteiger partial charge < -0.3 is 24.6 Å². The normalized spacial score (nSPS) is 20.5. The lowest BCUT2D eigenvalue weighted by Crippen LogP contribution is -2.52. The van der Waals surface area contributed by atoms with Crippen molar-refractivity contribution in [2.45, 2.75) is 6.42 Å². The first-order valence-corrected chi connectivity index (χ1v) is 8.65. The first-order valence-electron chi connectivity index (χ1n) is 8.65. The van der Waals surface area contributed by atoms with Crippen LogP contribution in [0.3, 0.4) is 0 Å². The Kier molecular flexibility index (Phi) is 5.43. The van der Waals surface area contributed by atoms with E-state index in [-0.39, 0.29) is 17.7 Å². The molecule has 1 N–H and O–H groups in total. The molecule has 1 atom stereocenters. The van der Waals surface area contributed by atoms with Crippen molar-refractivity contribution in [2.75, 3.05) is 53.5 Å². The van der Waals surface area contributed by atoms with Gasteiger partial charge in [0.2, 0.25) is 5.91 Å². The molecule has 1 aromatic rings. The summed E-state index contributed by atoms with van der Waals surface area (Å²) in [6.45, 7) is 3.92. The summed E-state index contributed by atoms with van der Waals surface area (Å²) in [5, 5.41) is 3.23. The molecule has 0 spiro atoms. The second kappa shape index (κ2) is 7.74. The number of hydrogen-bond donors (Lipinski definition) is 1. The minimum atomic E-state index is -0.0749. The van der Waals surface area contributed by atoms with Crippen LogP contribution >= 0.6 is 0 Å². The summed E-state index contributed by atoms with van der Waals surface area (Å²) < 4.78 is 10.5. The van der Waals surface area contributed by atoms with Crippen LogP contribution in [-0.2, 0) is 4.79 Å². The number of carbonyl (C=O) groups is 2. The first-order chi connectivity index (χ1) is 12.1. The summed E-state index contributed by atoms with van der Waals surface area (Å²) >= 11 is 0. The number of amides is 2. The predicted molar refractivity (Wildman–Crippen MR) is 93.0 cm³/mol. The minimum absolute atomic E-state index is 0.0749. The number of ether oxygens (including phenoxy) is 2. The average molecular weight is 347 g/mol. The van der Waals surface area contributed by atoms with Crippen LogP contribution in [0.2, 0.25) is 0 Å². The smallest absolute Gasteiger partial charge is 0.257 e. The highest BCUT2D eigenvalue weighted by Gasteiger charge is 2.31. The highest BCUT2D eigenvalue weighted by Crippen LogP contribution is 2.26. The second-order valence-corrected chi connectivity index (χ2v) is 6.37. The largest absolute Gasteiger partial charge is 0.497 e. The number of benzene rings is 1. The van der Waals surface area contributed by atoms with Crippen molar-refractivity contribution in [1.82, 2.24) is 15.1 Å². The molecule has 2 aliphatic rings. The lowest BCUT2D eigenvalue weighted by atomic mass is 10.1. The van der Waals surface area contributed by atoms with Crippen LogP contribution in [-0.4, -0.2) is 75.1 Å². The van der Waals surface area contributed by atoms with E-state index in [0.29, 0.717) is 43.2 Å². The number of methoxy groups -OCH3 is 2. The van der Waals surface area contributed by atoms with E-state index < -0.39 is 0 Å². The van der Waals surface area contributed by atoms with Gasteiger partial charge in [-0.05, 0) is 25.1 Å². The Morgan fingerprint density at radius 3 is 2.40 bits per heavy atom. The van der Waals surface area contributed by atoms with Gasteiger partial charge in [-0.25, -0.2) is 0 Å². The number of nitrogens with one attached hydrogen (secondary N) is 1. The number of nitrogens with zero attached hydrogens (tertiary/aromatic N) is 2. The van der Waals surface area contributed by atoms with Crippen molar-refractivity contribution in [2.24, 2.45) is 5.92 Å². The summed E-state index contributed by atoms with van der Waals surface area (Å²) in [6.07, 6.45) is 0.904. The zero-order valence-electron chi connectivity index (χ0n) is 14.8. The Balaban J connectivity index is 1.62. The standard InChI is InChI=1S/C18H25N3O4/c1-24-14-3-4-15(16(11-14)25-2)18(23)21-9-7-20(8-10-21)17(22)13-5-6-19-12-13/h3-4,11,13,19H,5-10,12H2,1-2H3. The molecule has 0 saturated carbocycles. The molecule has 1 unspecified atom stereocenters. The minimum Gasteiger partial charge on any atom is -0.497 e. The molecule has 0 aliphatic carbocycles. The molecule has 2 saturated heterocycles. The Bertz CT molecular complexity index is 635. The topological polar surface area (TPSA) is 71.1 Å². The number of carbonyl (C=O) groups excluding carboxylic acids is 2. The van der Waals surface area contributed by atoms with Crippen molar-refractivity contribution in [3.63, 3.8) is 0 Å². The van der Waals surface area contributed by atoms with E-state index in [2.05, 4.69) is 5.32 Å². The van der Waals surface area contributed by atoms with Gasteiger partial charge in [0.05, 0.1) is 25.7 Å². The maximum Gasteiger partial charge on any atom is 0.257 e. The van der Waals surface area contributed by atoms with Gasteiger partial charge in [-0.3, -0.25) is 9.59 Å². The van der Waals surface area contributed by atoms with Gasteiger partial charge in [-0.1, -0.05) is 0 Å². The van der Waals surface area contributed by atoms with Gasteiger partial charge in [0, 0.05) is 38.8 Å². The third-order valence-corrected chi connectivity index (χ3v) is 4.93. The molecule has 2 aliphatic heterocycles. The SMILES string of the molecule is COc1ccc(C(=O)N2CCN(C(=O)C3CCNC3)CC2)c(OC)c1. The van der Waals surface area contributed by atoms with Crippen LogP contribution in [0.4, 0.5) is 0 Å². The van der Waals surface area contributed by atoms with Crippen molar-refractivity contribution in [3.8, 4) is 11.5 Å². The maximum atomic E-state index is 12.8. The molecule has 7 nitrogen and oxygen atoms in total. The van der Waals surface area contributed by atoms with Gasteiger partial charge in [0.1, 0.15) is 11.5 Å². The Hall–Kier alpha value is -2.28. The first kappa shape index (κ1) is 17.5.